The molecule has 7 nitrogen and oxygen atoms in total. The van der Waals surface area contributed by atoms with Gasteiger partial charge in [-0.1, -0.05) is 53.7 Å². The molecule has 0 saturated carbocycles. The Kier molecular flexibility index (Phi) is 10.4. The molecule has 0 radical (unpaired) electrons. The lowest BCUT2D eigenvalue weighted by Gasteiger charge is -2.37. The third kappa shape index (κ3) is 7.19. The van der Waals surface area contributed by atoms with E-state index in [4.69, 9.17) is 4.74 Å². The number of carbonyl (C=O) groups excluding carboxylic acids is 1. The van der Waals surface area contributed by atoms with Gasteiger partial charge < -0.3 is 19.7 Å². The molecule has 1 N–H and O–H groups in total. The number of methoxy groups -OCH3 is 1. The van der Waals surface area contributed by atoms with E-state index in [1.165, 1.54) is 5.56 Å². The topological polar surface area (TPSA) is 68.6 Å². The number of halogens is 1. The van der Waals surface area contributed by atoms with Crippen molar-refractivity contribution in [3.05, 3.63) is 65.7 Å². The first-order valence-electron chi connectivity index (χ1n) is 12.3. The van der Waals surface area contributed by atoms with E-state index in [0.29, 0.717) is 18.8 Å². The molecule has 0 atom stereocenters. The zero-order chi connectivity index (χ0) is 23.8. The van der Waals surface area contributed by atoms with Crippen LogP contribution in [0.5, 0.6) is 5.75 Å². The van der Waals surface area contributed by atoms with Crippen molar-refractivity contribution in [3.8, 4) is 5.75 Å². The molecule has 2 heterocycles. The number of nitrogens with zero attached hydrogens (tertiary/aromatic N) is 4. The average molecular weight is 501 g/mol. The van der Waals surface area contributed by atoms with Crippen LogP contribution in [0.3, 0.4) is 0 Å². The summed E-state index contributed by atoms with van der Waals surface area (Å²) in [6, 6.07) is 18.6. The van der Waals surface area contributed by atoms with Gasteiger partial charge in [0.15, 0.2) is 0 Å². The molecule has 2 saturated heterocycles. The van der Waals surface area contributed by atoms with Gasteiger partial charge in [0, 0.05) is 50.7 Å². The lowest BCUT2D eigenvalue weighted by molar-refractivity contribution is -0.126. The van der Waals surface area contributed by atoms with Gasteiger partial charge in [0.25, 0.3) is 5.91 Å². The molecule has 8 heteroatoms. The van der Waals surface area contributed by atoms with Crippen LogP contribution in [0.4, 0.5) is 0 Å². The first kappa shape index (κ1) is 27.0. The second kappa shape index (κ2) is 13.5. The van der Waals surface area contributed by atoms with Crippen LogP contribution in [0.2, 0.25) is 0 Å². The quantitative estimate of drug-likeness (QED) is 0.341. The van der Waals surface area contributed by atoms with E-state index in [0.717, 1.165) is 69.8 Å². The van der Waals surface area contributed by atoms with Gasteiger partial charge in [0.2, 0.25) is 0 Å². The highest BCUT2D eigenvalue weighted by Gasteiger charge is 2.32. The van der Waals surface area contributed by atoms with E-state index >= 15 is 0 Å². The Morgan fingerprint density at radius 3 is 2.26 bits per heavy atom. The molecule has 1 amide bonds. The molecule has 2 aromatic rings. The van der Waals surface area contributed by atoms with Gasteiger partial charge >= 0.3 is 0 Å². The molecule has 2 fully saturated rings. The van der Waals surface area contributed by atoms with Gasteiger partial charge in [-0.15, -0.1) is 12.4 Å². The normalized spacial score (nSPS) is 18.2. The first-order valence-corrected chi connectivity index (χ1v) is 12.3. The Bertz CT molecular complexity index is 956. The number of carbonyl (C=O) groups is 1. The number of rotatable bonds is 8. The van der Waals surface area contributed by atoms with Gasteiger partial charge in [-0.3, -0.25) is 9.69 Å². The number of likely N-dealkylation sites (tertiary alicyclic amines) is 1. The minimum absolute atomic E-state index is 0. The molecular weight excluding hydrogens is 464 g/mol. The summed E-state index contributed by atoms with van der Waals surface area (Å²) < 4.78 is 5.47. The van der Waals surface area contributed by atoms with E-state index in [1.807, 2.05) is 29.2 Å². The maximum atomic E-state index is 13.2. The second-order valence-electron chi connectivity index (χ2n) is 9.22. The first-order chi connectivity index (χ1) is 16.7. The van der Waals surface area contributed by atoms with Crippen LogP contribution in [0.15, 0.2) is 59.8 Å². The molecule has 2 aliphatic rings. The number of para-hydroxylation sites is 1. The number of piperazine rings is 1. The lowest BCUT2D eigenvalue weighted by Crippen LogP contribution is -2.52. The highest BCUT2D eigenvalue weighted by Crippen LogP contribution is 2.22. The molecular formula is C27H37ClN4O3. The number of ether oxygens (including phenoxy) is 1. The molecule has 2 aromatic carbocycles. The Balaban J connectivity index is 0.00000342. The minimum Gasteiger partial charge on any atom is -0.496 e. The highest BCUT2D eigenvalue weighted by molar-refractivity contribution is 6.39. The largest absolute Gasteiger partial charge is 0.496 e. The SMILES string of the molecule is COc1ccccc1CN1CCN(C(=O)C(=NO)C2CCN(CCc3ccccc3)CC2)CC1.Cl. The summed E-state index contributed by atoms with van der Waals surface area (Å²) in [4.78, 5) is 19.8. The van der Waals surface area contributed by atoms with E-state index in [-0.39, 0.29) is 24.2 Å². The van der Waals surface area contributed by atoms with Crippen molar-refractivity contribution >= 4 is 24.0 Å². The fourth-order valence-electron chi connectivity index (χ4n) is 5.01. The number of oxime groups is 1. The van der Waals surface area contributed by atoms with Crippen molar-refractivity contribution in [3.63, 3.8) is 0 Å². The number of hydrogen-bond acceptors (Lipinski definition) is 6. The van der Waals surface area contributed by atoms with Gasteiger partial charge in [-0.2, -0.15) is 0 Å². The Labute approximate surface area is 214 Å². The van der Waals surface area contributed by atoms with Crippen molar-refractivity contribution in [1.82, 2.24) is 14.7 Å². The van der Waals surface area contributed by atoms with Crippen LogP contribution in [0.25, 0.3) is 0 Å². The molecule has 0 spiro atoms. The fourth-order valence-corrected chi connectivity index (χ4v) is 5.01. The highest BCUT2D eigenvalue weighted by atomic mass is 35.5. The van der Waals surface area contributed by atoms with Gasteiger partial charge in [0.05, 0.1) is 7.11 Å². The molecule has 190 valence electrons. The van der Waals surface area contributed by atoms with Crippen LogP contribution >= 0.6 is 12.4 Å². The molecule has 0 bridgehead atoms. The maximum absolute atomic E-state index is 13.2. The van der Waals surface area contributed by atoms with E-state index < -0.39 is 0 Å². The van der Waals surface area contributed by atoms with E-state index in [9.17, 15) is 10.0 Å². The average Bonchev–Trinajstić information content (AvgIpc) is 2.90. The van der Waals surface area contributed by atoms with Crippen LogP contribution in [0, 0.1) is 5.92 Å². The van der Waals surface area contributed by atoms with Crippen molar-refractivity contribution in [2.75, 3.05) is 52.9 Å². The summed E-state index contributed by atoms with van der Waals surface area (Å²) in [5.74, 6) is 0.810. The molecule has 4 rings (SSSR count). The zero-order valence-corrected chi connectivity index (χ0v) is 21.3. The molecule has 0 aliphatic carbocycles. The molecule has 0 aromatic heterocycles. The summed E-state index contributed by atoms with van der Waals surface area (Å²) in [6.07, 6.45) is 2.74. The zero-order valence-electron chi connectivity index (χ0n) is 20.5. The Morgan fingerprint density at radius 2 is 1.60 bits per heavy atom. The van der Waals surface area contributed by atoms with Gasteiger partial charge in [-0.05, 0) is 44.0 Å². The maximum Gasteiger partial charge on any atom is 0.272 e. The Morgan fingerprint density at radius 1 is 0.943 bits per heavy atom. The number of amides is 1. The second-order valence-corrected chi connectivity index (χ2v) is 9.22. The summed E-state index contributed by atoms with van der Waals surface area (Å²) in [7, 11) is 1.69. The van der Waals surface area contributed by atoms with Crippen LogP contribution in [0.1, 0.15) is 24.0 Å². The predicted octanol–water partition coefficient (Wildman–Crippen LogP) is 3.55. The monoisotopic (exact) mass is 500 g/mol. The molecule has 2 aliphatic heterocycles. The summed E-state index contributed by atoms with van der Waals surface area (Å²) in [6.45, 7) is 6.54. The van der Waals surface area contributed by atoms with Gasteiger partial charge in [0.1, 0.15) is 11.5 Å². The van der Waals surface area contributed by atoms with Crippen LogP contribution in [-0.4, -0.2) is 84.4 Å². The third-order valence-corrected chi connectivity index (χ3v) is 7.11. The minimum atomic E-state index is -0.109. The van der Waals surface area contributed by atoms with Gasteiger partial charge in [-0.25, -0.2) is 0 Å². The summed E-state index contributed by atoms with van der Waals surface area (Å²) in [5, 5.41) is 13.2. The van der Waals surface area contributed by atoms with E-state index in [2.05, 4.69) is 45.3 Å². The fraction of sp³-hybridized carbons (Fsp3) is 0.481. The number of piperidine rings is 1. The van der Waals surface area contributed by atoms with Crippen molar-refractivity contribution < 1.29 is 14.7 Å². The smallest absolute Gasteiger partial charge is 0.272 e. The summed E-state index contributed by atoms with van der Waals surface area (Å²) in [5.41, 5.74) is 2.84. The summed E-state index contributed by atoms with van der Waals surface area (Å²) >= 11 is 0. The third-order valence-electron chi connectivity index (χ3n) is 7.11. The van der Waals surface area contributed by atoms with Crippen molar-refractivity contribution in [2.45, 2.75) is 25.8 Å². The van der Waals surface area contributed by atoms with Crippen LogP contribution < -0.4 is 4.74 Å². The molecule has 35 heavy (non-hydrogen) atoms. The van der Waals surface area contributed by atoms with Crippen molar-refractivity contribution in [1.29, 1.82) is 0 Å². The van der Waals surface area contributed by atoms with E-state index in [1.54, 1.807) is 7.11 Å². The standard InChI is InChI=1S/C27H36N4O3.ClH/c1-34-25-10-6-5-9-24(25)21-30-17-19-31(20-18-30)27(32)26(28-33)23-12-15-29(16-13-23)14-11-22-7-3-2-4-8-22;/h2-10,23,33H,11-21H2,1H3;1H. The lowest BCUT2D eigenvalue weighted by atomic mass is 9.90. The van der Waals surface area contributed by atoms with Crippen LogP contribution in [-0.2, 0) is 17.8 Å². The number of hydrogen-bond donors (Lipinski definition) is 1. The Hall–Kier alpha value is -2.61. The van der Waals surface area contributed by atoms with Crippen molar-refractivity contribution in [2.24, 2.45) is 11.1 Å². The number of benzene rings is 2. The predicted molar refractivity (Wildman–Crippen MR) is 141 cm³/mol. The molecule has 0 unspecified atom stereocenters.